The monoisotopic (exact) mass is 305 g/mol. The molecule has 0 spiro atoms. The molecule has 1 amide bonds. The van der Waals surface area contributed by atoms with Crippen LogP contribution in [0.15, 0.2) is 30.3 Å². The number of nitrogens with one attached hydrogen (secondary N) is 1. The Hall–Kier alpha value is -1.75. The molecule has 0 bridgehead atoms. The number of carbonyl (C=O) groups excluding carboxylic acids is 1. The Morgan fingerprint density at radius 2 is 2.10 bits per heavy atom. The second kappa shape index (κ2) is 7.31. The molecule has 1 aliphatic rings. The molecule has 1 aromatic carbocycles. The lowest BCUT2D eigenvalue weighted by molar-refractivity contribution is -0.131. The van der Waals surface area contributed by atoms with E-state index in [2.05, 4.69) is 5.32 Å². The minimum absolute atomic E-state index is 0.0452. The van der Waals surface area contributed by atoms with Crippen LogP contribution in [-0.2, 0) is 9.59 Å². The maximum Gasteiger partial charge on any atom is 0.328 e. The summed E-state index contributed by atoms with van der Waals surface area (Å²) in [6.07, 6.45) is 4.73. The maximum atomic E-state index is 12.1. The van der Waals surface area contributed by atoms with E-state index in [0.717, 1.165) is 35.8 Å². The van der Waals surface area contributed by atoms with Gasteiger partial charge in [0.2, 0.25) is 5.91 Å². The standard InChI is InChI=1S/C16H19NO3S/c1-11(17-16(20)14-3-2-10-21-14)13-7-4-12(5-8-13)6-9-15(18)19/h4-9,11,14H,2-3,10H2,1H3,(H,17,20)(H,18,19). The average Bonchev–Trinajstić information content (AvgIpc) is 3.00. The van der Waals surface area contributed by atoms with Gasteiger partial charge in [-0.1, -0.05) is 24.3 Å². The van der Waals surface area contributed by atoms with Gasteiger partial charge in [-0.25, -0.2) is 4.79 Å². The molecule has 1 aromatic rings. The molecule has 1 fully saturated rings. The number of carbonyl (C=O) groups is 2. The fourth-order valence-corrected chi connectivity index (χ4v) is 3.41. The molecule has 2 atom stereocenters. The third-order valence-corrected chi connectivity index (χ3v) is 4.81. The molecule has 1 saturated heterocycles. The van der Waals surface area contributed by atoms with Gasteiger partial charge in [-0.15, -0.1) is 11.8 Å². The van der Waals surface area contributed by atoms with Crippen molar-refractivity contribution in [3.8, 4) is 0 Å². The highest BCUT2D eigenvalue weighted by atomic mass is 32.2. The third kappa shape index (κ3) is 4.63. The van der Waals surface area contributed by atoms with Crippen LogP contribution in [0.2, 0.25) is 0 Å². The molecule has 21 heavy (non-hydrogen) atoms. The lowest BCUT2D eigenvalue weighted by Crippen LogP contribution is -2.33. The molecule has 1 aliphatic heterocycles. The van der Waals surface area contributed by atoms with Gasteiger partial charge in [0.25, 0.3) is 0 Å². The molecule has 2 N–H and O–H groups in total. The topological polar surface area (TPSA) is 66.4 Å². The minimum atomic E-state index is -0.964. The fourth-order valence-electron chi connectivity index (χ4n) is 2.24. The second-order valence-electron chi connectivity index (χ2n) is 5.07. The number of carboxylic acid groups (broad SMARTS) is 1. The Labute approximate surface area is 128 Å². The number of hydrogen-bond acceptors (Lipinski definition) is 3. The van der Waals surface area contributed by atoms with E-state index in [1.165, 1.54) is 0 Å². The van der Waals surface area contributed by atoms with Crippen molar-refractivity contribution in [3.63, 3.8) is 0 Å². The fraction of sp³-hybridized carbons (Fsp3) is 0.375. The van der Waals surface area contributed by atoms with Gasteiger partial charge in [-0.2, -0.15) is 0 Å². The predicted octanol–water partition coefficient (Wildman–Crippen LogP) is 2.86. The van der Waals surface area contributed by atoms with E-state index in [9.17, 15) is 9.59 Å². The first-order valence-corrected chi connectivity index (χ1v) is 8.04. The zero-order valence-corrected chi connectivity index (χ0v) is 12.7. The summed E-state index contributed by atoms with van der Waals surface area (Å²) in [5.41, 5.74) is 1.84. The summed E-state index contributed by atoms with van der Waals surface area (Å²) in [6.45, 7) is 1.96. The van der Waals surface area contributed by atoms with E-state index < -0.39 is 5.97 Å². The van der Waals surface area contributed by atoms with Crippen LogP contribution in [0.25, 0.3) is 6.08 Å². The van der Waals surface area contributed by atoms with Crippen molar-refractivity contribution in [2.24, 2.45) is 0 Å². The van der Waals surface area contributed by atoms with Gasteiger partial charge in [-0.3, -0.25) is 4.79 Å². The van der Waals surface area contributed by atoms with E-state index in [-0.39, 0.29) is 17.2 Å². The largest absolute Gasteiger partial charge is 0.478 e. The lowest BCUT2D eigenvalue weighted by atomic mass is 10.1. The summed E-state index contributed by atoms with van der Waals surface area (Å²) in [6, 6.07) is 7.47. The van der Waals surface area contributed by atoms with Crippen LogP contribution < -0.4 is 5.32 Å². The molecule has 5 heteroatoms. The first-order chi connectivity index (χ1) is 10.1. The predicted molar refractivity (Wildman–Crippen MR) is 85.1 cm³/mol. The van der Waals surface area contributed by atoms with E-state index in [0.29, 0.717) is 0 Å². The van der Waals surface area contributed by atoms with Crippen molar-refractivity contribution in [1.29, 1.82) is 0 Å². The highest BCUT2D eigenvalue weighted by Gasteiger charge is 2.24. The normalized spacial score (nSPS) is 19.6. The van der Waals surface area contributed by atoms with Crippen LogP contribution in [0, 0.1) is 0 Å². The average molecular weight is 305 g/mol. The lowest BCUT2D eigenvalue weighted by Gasteiger charge is -2.17. The first-order valence-electron chi connectivity index (χ1n) is 6.99. The van der Waals surface area contributed by atoms with E-state index >= 15 is 0 Å². The van der Waals surface area contributed by atoms with Crippen LogP contribution in [0.4, 0.5) is 0 Å². The molecule has 0 saturated carbocycles. The molecule has 2 rings (SSSR count). The SMILES string of the molecule is CC(NC(=O)C1CCCS1)c1ccc(C=CC(=O)O)cc1. The van der Waals surface area contributed by atoms with Gasteiger partial charge in [0, 0.05) is 6.08 Å². The number of carboxylic acids is 1. The highest BCUT2D eigenvalue weighted by Crippen LogP contribution is 2.27. The van der Waals surface area contributed by atoms with Crippen molar-refractivity contribution in [2.75, 3.05) is 5.75 Å². The molecule has 1 heterocycles. The van der Waals surface area contributed by atoms with Gasteiger partial charge in [-0.05, 0) is 42.7 Å². The zero-order valence-electron chi connectivity index (χ0n) is 11.9. The summed E-state index contributed by atoms with van der Waals surface area (Å²) >= 11 is 1.72. The van der Waals surface area contributed by atoms with Crippen molar-refractivity contribution in [3.05, 3.63) is 41.5 Å². The Bertz CT molecular complexity index is 533. The number of hydrogen-bond donors (Lipinski definition) is 2. The third-order valence-electron chi connectivity index (χ3n) is 3.44. The van der Waals surface area contributed by atoms with Gasteiger partial charge < -0.3 is 10.4 Å². The van der Waals surface area contributed by atoms with Crippen LogP contribution in [0.5, 0.6) is 0 Å². The molecule has 112 valence electrons. The highest BCUT2D eigenvalue weighted by molar-refractivity contribution is 8.00. The van der Waals surface area contributed by atoms with Crippen LogP contribution in [-0.4, -0.2) is 28.0 Å². The molecule has 0 radical (unpaired) electrons. The number of thioether (sulfide) groups is 1. The van der Waals surface area contributed by atoms with Crippen molar-refractivity contribution < 1.29 is 14.7 Å². The smallest absolute Gasteiger partial charge is 0.328 e. The Morgan fingerprint density at radius 3 is 2.67 bits per heavy atom. The summed E-state index contributed by atoms with van der Waals surface area (Å²) in [4.78, 5) is 22.5. The summed E-state index contributed by atoms with van der Waals surface area (Å²) in [7, 11) is 0. The quantitative estimate of drug-likeness (QED) is 0.821. The van der Waals surface area contributed by atoms with Crippen LogP contribution in [0.3, 0.4) is 0 Å². The molecule has 4 nitrogen and oxygen atoms in total. The minimum Gasteiger partial charge on any atom is -0.478 e. The Kier molecular flexibility index (Phi) is 5.44. The van der Waals surface area contributed by atoms with E-state index in [4.69, 9.17) is 5.11 Å². The van der Waals surface area contributed by atoms with Crippen LogP contribution >= 0.6 is 11.8 Å². The summed E-state index contributed by atoms with van der Waals surface area (Å²) < 4.78 is 0. The van der Waals surface area contributed by atoms with Gasteiger partial charge in [0.05, 0.1) is 11.3 Å². The van der Waals surface area contributed by atoms with Gasteiger partial charge >= 0.3 is 5.97 Å². The molecular weight excluding hydrogens is 286 g/mol. The first kappa shape index (κ1) is 15.6. The summed E-state index contributed by atoms with van der Waals surface area (Å²) in [5, 5.41) is 11.7. The molecule has 0 aliphatic carbocycles. The van der Waals surface area contributed by atoms with E-state index in [1.54, 1.807) is 17.8 Å². The Morgan fingerprint density at radius 1 is 1.38 bits per heavy atom. The molecule has 0 aromatic heterocycles. The zero-order chi connectivity index (χ0) is 15.2. The molecule has 2 unspecified atom stereocenters. The number of rotatable bonds is 5. The van der Waals surface area contributed by atoms with Crippen molar-refractivity contribution in [1.82, 2.24) is 5.32 Å². The number of aliphatic carboxylic acids is 1. The number of amides is 1. The summed E-state index contributed by atoms with van der Waals surface area (Å²) in [5.74, 6) is 0.213. The Balaban J connectivity index is 1.94. The number of benzene rings is 1. The maximum absolute atomic E-state index is 12.1. The van der Waals surface area contributed by atoms with Crippen LogP contribution in [0.1, 0.15) is 36.9 Å². The van der Waals surface area contributed by atoms with Crippen molar-refractivity contribution >= 4 is 29.7 Å². The van der Waals surface area contributed by atoms with Crippen molar-refractivity contribution in [2.45, 2.75) is 31.1 Å². The second-order valence-corrected chi connectivity index (χ2v) is 6.38. The van der Waals surface area contributed by atoms with Gasteiger partial charge in [0.15, 0.2) is 0 Å². The molecular formula is C16H19NO3S. The van der Waals surface area contributed by atoms with Gasteiger partial charge in [0.1, 0.15) is 0 Å². The van der Waals surface area contributed by atoms with E-state index in [1.807, 2.05) is 31.2 Å².